The average Bonchev–Trinajstić information content (AvgIpc) is 2.69. The molecule has 0 fully saturated rings. The molecule has 1 unspecified atom stereocenters. The third-order valence-corrected chi connectivity index (χ3v) is 4.97. The zero-order chi connectivity index (χ0) is 17.1. The summed E-state index contributed by atoms with van der Waals surface area (Å²) in [6.45, 7) is 2.18. The van der Waals surface area contributed by atoms with Crippen LogP contribution in [0.25, 0.3) is 22.3 Å². The van der Waals surface area contributed by atoms with Crippen LogP contribution in [0.1, 0.15) is 23.5 Å². The summed E-state index contributed by atoms with van der Waals surface area (Å²) in [5.74, 6) is 0.461. The van der Waals surface area contributed by atoms with Crippen LogP contribution >= 0.6 is 0 Å². The van der Waals surface area contributed by atoms with Gasteiger partial charge in [0.2, 0.25) is 0 Å². The van der Waals surface area contributed by atoms with E-state index in [4.69, 9.17) is 0 Å². The van der Waals surface area contributed by atoms with E-state index in [-0.39, 0.29) is 0 Å². The van der Waals surface area contributed by atoms with E-state index in [1.54, 1.807) is 0 Å². The van der Waals surface area contributed by atoms with E-state index in [0.717, 1.165) is 6.42 Å². The van der Waals surface area contributed by atoms with Gasteiger partial charge in [0.25, 0.3) is 0 Å². The molecule has 0 saturated heterocycles. The van der Waals surface area contributed by atoms with Crippen LogP contribution < -0.4 is 0 Å². The maximum absolute atomic E-state index is 2.32. The Bertz CT molecular complexity index is 944. The second-order valence-electron chi connectivity index (χ2n) is 6.64. The maximum atomic E-state index is 2.32. The van der Waals surface area contributed by atoms with E-state index in [0.29, 0.717) is 5.92 Å². The Morgan fingerprint density at radius 1 is 0.720 bits per heavy atom. The molecule has 3 aromatic carbocycles. The molecule has 0 spiro atoms. The molecule has 1 aliphatic rings. The normalized spacial score (nSPS) is 16.1. The SMILES string of the molecule is Cc1ccccc1-c1cccc(-c2ccccc2C2C=CC=CC2)c1. The van der Waals surface area contributed by atoms with Crippen LogP contribution in [0, 0.1) is 6.92 Å². The fourth-order valence-corrected chi connectivity index (χ4v) is 3.65. The summed E-state index contributed by atoms with van der Waals surface area (Å²) in [6.07, 6.45) is 9.94. The molecule has 0 aromatic heterocycles. The lowest BCUT2D eigenvalue weighted by atomic mass is 9.86. The highest BCUT2D eigenvalue weighted by Crippen LogP contribution is 2.35. The molecular formula is C25H22. The van der Waals surface area contributed by atoms with Gasteiger partial charge in [0.1, 0.15) is 0 Å². The van der Waals surface area contributed by atoms with Crippen LogP contribution in [0.2, 0.25) is 0 Å². The topological polar surface area (TPSA) is 0 Å². The second-order valence-corrected chi connectivity index (χ2v) is 6.64. The molecule has 3 aromatic rings. The van der Waals surface area contributed by atoms with E-state index in [9.17, 15) is 0 Å². The fraction of sp³-hybridized carbons (Fsp3) is 0.120. The Morgan fingerprint density at radius 3 is 2.20 bits per heavy atom. The van der Waals surface area contributed by atoms with Gasteiger partial charge in [-0.05, 0) is 52.8 Å². The highest BCUT2D eigenvalue weighted by atomic mass is 14.2. The highest BCUT2D eigenvalue weighted by Gasteiger charge is 2.14. The Morgan fingerprint density at radius 2 is 1.44 bits per heavy atom. The molecule has 1 atom stereocenters. The molecule has 122 valence electrons. The Kier molecular flexibility index (Phi) is 4.35. The molecule has 0 N–H and O–H groups in total. The van der Waals surface area contributed by atoms with Gasteiger partial charge in [0, 0.05) is 5.92 Å². The third kappa shape index (κ3) is 3.21. The minimum atomic E-state index is 0.461. The van der Waals surface area contributed by atoms with Crippen molar-refractivity contribution in [1.82, 2.24) is 0 Å². The van der Waals surface area contributed by atoms with Gasteiger partial charge in [-0.1, -0.05) is 91.0 Å². The largest absolute Gasteiger partial charge is 0.0836 e. The number of hydrogen-bond acceptors (Lipinski definition) is 0. The third-order valence-electron chi connectivity index (χ3n) is 4.97. The summed E-state index contributed by atoms with van der Waals surface area (Å²) in [6, 6.07) is 26.3. The van der Waals surface area contributed by atoms with Gasteiger partial charge < -0.3 is 0 Å². The first-order chi connectivity index (χ1) is 12.3. The van der Waals surface area contributed by atoms with Crippen LogP contribution in [-0.2, 0) is 0 Å². The van der Waals surface area contributed by atoms with Crippen molar-refractivity contribution in [3.63, 3.8) is 0 Å². The fourth-order valence-electron chi connectivity index (χ4n) is 3.65. The molecule has 4 rings (SSSR count). The lowest BCUT2D eigenvalue weighted by Crippen LogP contribution is -1.99. The minimum absolute atomic E-state index is 0.461. The number of benzene rings is 3. The van der Waals surface area contributed by atoms with Gasteiger partial charge in [-0.2, -0.15) is 0 Å². The molecule has 0 heterocycles. The summed E-state index contributed by atoms with van der Waals surface area (Å²) in [4.78, 5) is 0. The Hall–Kier alpha value is -2.86. The number of aryl methyl sites for hydroxylation is 1. The predicted octanol–water partition coefficient (Wildman–Crippen LogP) is 6.93. The predicted molar refractivity (Wildman–Crippen MR) is 108 cm³/mol. The smallest absolute Gasteiger partial charge is 0.00618 e. The number of rotatable bonds is 3. The van der Waals surface area contributed by atoms with Gasteiger partial charge in [-0.3, -0.25) is 0 Å². The van der Waals surface area contributed by atoms with Gasteiger partial charge in [-0.25, -0.2) is 0 Å². The molecule has 1 aliphatic carbocycles. The van der Waals surface area contributed by atoms with Crippen molar-refractivity contribution in [3.05, 3.63) is 108 Å². The molecule has 0 radical (unpaired) electrons. The van der Waals surface area contributed by atoms with Crippen molar-refractivity contribution in [2.45, 2.75) is 19.3 Å². The van der Waals surface area contributed by atoms with Crippen molar-refractivity contribution < 1.29 is 0 Å². The van der Waals surface area contributed by atoms with Gasteiger partial charge in [0.05, 0.1) is 0 Å². The summed E-state index contributed by atoms with van der Waals surface area (Å²) < 4.78 is 0. The van der Waals surface area contributed by atoms with Crippen molar-refractivity contribution in [2.75, 3.05) is 0 Å². The first-order valence-electron chi connectivity index (χ1n) is 8.91. The highest BCUT2D eigenvalue weighted by molar-refractivity contribution is 5.76. The van der Waals surface area contributed by atoms with Crippen molar-refractivity contribution in [1.29, 1.82) is 0 Å². The quantitative estimate of drug-likeness (QED) is 0.490. The molecule has 25 heavy (non-hydrogen) atoms. The van der Waals surface area contributed by atoms with Crippen molar-refractivity contribution in [2.24, 2.45) is 0 Å². The van der Waals surface area contributed by atoms with Crippen LogP contribution in [-0.4, -0.2) is 0 Å². The lowest BCUT2D eigenvalue weighted by Gasteiger charge is -2.18. The van der Waals surface area contributed by atoms with E-state index in [1.165, 1.54) is 33.4 Å². The van der Waals surface area contributed by atoms with Crippen molar-refractivity contribution >= 4 is 0 Å². The monoisotopic (exact) mass is 322 g/mol. The number of hydrogen-bond donors (Lipinski definition) is 0. The molecular weight excluding hydrogens is 300 g/mol. The summed E-state index contributed by atoms with van der Waals surface area (Å²) >= 11 is 0. The van der Waals surface area contributed by atoms with Gasteiger partial charge in [-0.15, -0.1) is 0 Å². The molecule has 0 amide bonds. The lowest BCUT2D eigenvalue weighted by molar-refractivity contribution is 0.856. The van der Waals surface area contributed by atoms with Crippen LogP contribution in [0.4, 0.5) is 0 Å². The van der Waals surface area contributed by atoms with E-state index < -0.39 is 0 Å². The second kappa shape index (κ2) is 6.94. The van der Waals surface area contributed by atoms with E-state index in [2.05, 4.69) is 104 Å². The molecule has 0 bridgehead atoms. The van der Waals surface area contributed by atoms with Crippen LogP contribution in [0.3, 0.4) is 0 Å². The van der Waals surface area contributed by atoms with Crippen LogP contribution in [0.15, 0.2) is 97.1 Å². The molecule has 0 aliphatic heterocycles. The maximum Gasteiger partial charge on any atom is 0.00618 e. The minimum Gasteiger partial charge on any atom is -0.0836 e. The summed E-state index contributed by atoms with van der Waals surface area (Å²) in [5.41, 5.74) is 7.94. The zero-order valence-corrected chi connectivity index (χ0v) is 14.5. The van der Waals surface area contributed by atoms with Crippen molar-refractivity contribution in [3.8, 4) is 22.3 Å². The zero-order valence-electron chi connectivity index (χ0n) is 14.5. The first kappa shape index (κ1) is 15.7. The van der Waals surface area contributed by atoms with Crippen LogP contribution in [0.5, 0.6) is 0 Å². The standard InChI is InChI=1S/C25H22/c1-19-10-5-6-15-23(19)21-13-9-14-22(18-21)25-17-8-7-16-24(25)20-11-3-2-4-12-20/h2-11,13-18,20H,12H2,1H3. The molecule has 0 saturated carbocycles. The van der Waals surface area contributed by atoms with Gasteiger partial charge in [0.15, 0.2) is 0 Å². The Balaban J connectivity index is 1.79. The van der Waals surface area contributed by atoms with E-state index in [1.807, 2.05) is 0 Å². The average molecular weight is 322 g/mol. The van der Waals surface area contributed by atoms with Gasteiger partial charge >= 0.3 is 0 Å². The van der Waals surface area contributed by atoms with E-state index >= 15 is 0 Å². The first-order valence-corrected chi connectivity index (χ1v) is 8.91. The summed E-state index contributed by atoms with van der Waals surface area (Å²) in [5, 5.41) is 0. The Labute approximate surface area is 150 Å². The molecule has 0 heteroatoms. The molecule has 0 nitrogen and oxygen atoms in total. The summed E-state index contributed by atoms with van der Waals surface area (Å²) in [7, 11) is 0. The number of allylic oxidation sites excluding steroid dienone is 4.